The molecule has 0 saturated carbocycles. The highest BCUT2D eigenvalue weighted by molar-refractivity contribution is 5.89. The number of aliphatic carboxylic acids is 1. The van der Waals surface area contributed by atoms with Crippen LogP contribution < -0.4 is 0 Å². The quantitative estimate of drug-likeness (QED) is 0.482. The lowest BCUT2D eigenvalue weighted by Gasteiger charge is -2.07. The Bertz CT molecular complexity index is 195. The molecule has 0 heterocycles. The van der Waals surface area contributed by atoms with E-state index in [-0.39, 0.29) is 5.57 Å². The Morgan fingerprint density at radius 2 is 2.00 bits per heavy atom. The van der Waals surface area contributed by atoms with Gasteiger partial charge in [-0.2, -0.15) is 0 Å². The fraction of sp³-hybridized carbons (Fsp3) is 0.429. The summed E-state index contributed by atoms with van der Waals surface area (Å²) in [6, 6.07) is 0. The summed E-state index contributed by atoms with van der Waals surface area (Å²) in [7, 11) is 0. The molecule has 0 saturated heterocycles. The van der Waals surface area contributed by atoms with Crippen LogP contribution in [-0.4, -0.2) is 23.1 Å². The van der Waals surface area contributed by atoms with E-state index in [4.69, 9.17) is 5.11 Å². The monoisotopic (exact) mass is 158 g/mol. The molecule has 1 atom stereocenters. The normalized spacial score (nSPS) is 11.8. The fourth-order valence-corrected chi connectivity index (χ4v) is 0.312. The summed E-state index contributed by atoms with van der Waals surface area (Å²) in [5, 5.41) is 8.31. The van der Waals surface area contributed by atoms with Gasteiger partial charge in [0, 0.05) is 5.57 Å². The van der Waals surface area contributed by atoms with Crippen molar-refractivity contribution in [3.05, 3.63) is 12.2 Å². The predicted octanol–water partition coefficient (Wildman–Crippen LogP) is 0.579. The zero-order valence-corrected chi connectivity index (χ0v) is 6.46. The van der Waals surface area contributed by atoms with Crippen LogP contribution in [0.15, 0.2) is 12.2 Å². The van der Waals surface area contributed by atoms with E-state index >= 15 is 0 Å². The van der Waals surface area contributed by atoms with Crippen molar-refractivity contribution in [3.63, 3.8) is 0 Å². The second-order valence-corrected chi connectivity index (χ2v) is 2.17. The summed E-state index contributed by atoms with van der Waals surface area (Å²) in [6.07, 6.45) is -1.11. The number of hydrogen-bond acceptors (Lipinski definition) is 3. The van der Waals surface area contributed by atoms with Gasteiger partial charge in [0.15, 0.2) is 6.10 Å². The van der Waals surface area contributed by atoms with Crippen molar-refractivity contribution in [2.45, 2.75) is 20.0 Å². The van der Waals surface area contributed by atoms with Gasteiger partial charge >= 0.3 is 11.9 Å². The Labute approximate surface area is 64.5 Å². The first-order chi connectivity index (χ1) is 4.95. The molecule has 4 nitrogen and oxygen atoms in total. The number of carboxylic acid groups (broad SMARTS) is 1. The Kier molecular flexibility index (Phi) is 3.30. The standard InChI is InChI=1S/C7H10O4/c1-4(2)7(10)11-5(3)6(8)9/h5H,1H2,2-3H3,(H,8,9)/t5-/m0/s1. The van der Waals surface area contributed by atoms with E-state index in [9.17, 15) is 9.59 Å². The predicted molar refractivity (Wildman–Crippen MR) is 38.0 cm³/mol. The molecule has 0 rings (SSSR count). The van der Waals surface area contributed by atoms with Crippen molar-refractivity contribution in [1.29, 1.82) is 0 Å². The third kappa shape index (κ3) is 3.40. The van der Waals surface area contributed by atoms with E-state index in [1.165, 1.54) is 13.8 Å². The molecule has 1 N–H and O–H groups in total. The van der Waals surface area contributed by atoms with Crippen LogP contribution in [0.1, 0.15) is 13.8 Å². The summed E-state index contributed by atoms with van der Waals surface area (Å²) in [6.45, 7) is 6.04. The molecule has 0 aromatic carbocycles. The number of carbonyl (C=O) groups is 2. The average molecular weight is 158 g/mol. The van der Waals surface area contributed by atoms with E-state index in [2.05, 4.69) is 11.3 Å². The second-order valence-electron chi connectivity index (χ2n) is 2.17. The molecule has 0 aromatic heterocycles. The topological polar surface area (TPSA) is 63.6 Å². The van der Waals surface area contributed by atoms with Crippen molar-refractivity contribution in [2.24, 2.45) is 0 Å². The first-order valence-electron chi connectivity index (χ1n) is 3.04. The largest absolute Gasteiger partial charge is 0.479 e. The maximum atomic E-state index is 10.7. The van der Waals surface area contributed by atoms with Gasteiger partial charge in [0.2, 0.25) is 0 Å². The zero-order chi connectivity index (χ0) is 9.02. The minimum atomic E-state index is -1.17. The Morgan fingerprint density at radius 3 is 2.27 bits per heavy atom. The second kappa shape index (κ2) is 3.75. The third-order valence-electron chi connectivity index (χ3n) is 0.980. The SMILES string of the molecule is C=C(C)C(=O)O[C@@H](C)C(=O)O. The van der Waals surface area contributed by atoms with Gasteiger partial charge in [-0.1, -0.05) is 6.58 Å². The lowest BCUT2D eigenvalue weighted by atomic mass is 10.3. The number of hydrogen-bond donors (Lipinski definition) is 1. The molecule has 0 aliphatic carbocycles. The van der Waals surface area contributed by atoms with E-state index in [1.807, 2.05) is 0 Å². The van der Waals surface area contributed by atoms with Crippen LogP contribution in [0.25, 0.3) is 0 Å². The highest BCUT2D eigenvalue weighted by Crippen LogP contribution is 1.97. The minimum absolute atomic E-state index is 0.193. The molecule has 0 radical (unpaired) electrons. The molecule has 0 unspecified atom stereocenters. The van der Waals surface area contributed by atoms with Crippen LogP contribution in [-0.2, 0) is 14.3 Å². The number of ether oxygens (including phenoxy) is 1. The molecule has 0 aromatic rings. The summed E-state index contributed by atoms with van der Waals surface area (Å²) in [5.41, 5.74) is 0.193. The highest BCUT2D eigenvalue weighted by Gasteiger charge is 2.15. The van der Waals surface area contributed by atoms with E-state index in [0.29, 0.717) is 0 Å². The molecule has 0 aliphatic heterocycles. The van der Waals surface area contributed by atoms with Gasteiger partial charge in [0.1, 0.15) is 0 Å². The maximum Gasteiger partial charge on any atom is 0.344 e. The number of esters is 1. The van der Waals surface area contributed by atoms with Crippen LogP contribution >= 0.6 is 0 Å². The van der Waals surface area contributed by atoms with Gasteiger partial charge in [-0.05, 0) is 13.8 Å². The molecule has 0 fully saturated rings. The zero-order valence-electron chi connectivity index (χ0n) is 6.46. The van der Waals surface area contributed by atoms with Gasteiger partial charge in [0.25, 0.3) is 0 Å². The van der Waals surface area contributed by atoms with Gasteiger partial charge in [-0.15, -0.1) is 0 Å². The minimum Gasteiger partial charge on any atom is -0.479 e. The molecular weight excluding hydrogens is 148 g/mol. The Balaban J connectivity index is 3.95. The summed E-state index contributed by atoms with van der Waals surface area (Å²) < 4.78 is 4.44. The van der Waals surface area contributed by atoms with E-state index in [0.717, 1.165) is 0 Å². The summed E-state index contributed by atoms with van der Waals surface area (Å²) in [4.78, 5) is 20.8. The first-order valence-corrected chi connectivity index (χ1v) is 3.04. The van der Waals surface area contributed by atoms with Crippen molar-refractivity contribution in [2.75, 3.05) is 0 Å². The highest BCUT2D eigenvalue weighted by atomic mass is 16.6. The summed E-state index contributed by atoms with van der Waals surface area (Å²) in [5.74, 6) is -1.85. The van der Waals surface area contributed by atoms with Gasteiger partial charge in [0.05, 0.1) is 0 Å². The van der Waals surface area contributed by atoms with Crippen molar-refractivity contribution >= 4 is 11.9 Å². The van der Waals surface area contributed by atoms with Gasteiger partial charge < -0.3 is 9.84 Å². The molecule has 0 amide bonds. The van der Waals surface area contributed by atoms with Crippen LogP contribution in [0.3, 0.4) is 0 Å². The van der Waals surface area contributed by atoms with E-state index in [1.54, 1.807) is 0 Å². The van der Waals surface area contributed by atoms with Crippen LogP contribution in [0, 0.1) is 0 Å². The van der Waals surface area contributed by atoms with E-state index < -0.39 is 18.0 Å². The van der Waals surface area contributed by atoms with Crippen LogP contribution in [0.2, 0.25) is 0 Å². The van der Waals surface area contributed by atoms with Crippen LogP contribution in [0.5, 0.6) is 0 Å². The lowest BCUT2D eigenvalue weighted by Crippen LogP contribution is -2.23. The van der Waals surface area contributed by atoms with Gasteiger partial charge in [-0.25, -0.2) is 9.59 Å². The molecule has 62 valence electrons. The van der Waals surface area contributed by atoms with Crippen LogP contribution in [0.4, 0.5) is 0 Å². The average Bonchev–Trinajstić information content (AvgIpc) is 1.87. The number of carboxylic acids is 1. The lowest BCUT2D eigenvalue weighted by molar-refractivity contribution is -0.159. The van der Waals surface area contributed by atoms with Crippen molar-refractivity contribution < 1.29 is 19.4 Å². The molecular formula is C7H10O4. The Hall–Kier alpha value is -1.32. The molecule has 11 heavy (non-hydrogen) atoms. The third-order valence-corrected chi connectivity index (χ3v) is 0.980. The Morgan fingerprint density at radius 1 is 1.55 bits per heavy atom. The van der Waals surface area contributed by atoms with Crippen molar-refractivity contribution in [1.82, 2.24) is 0 Å². The summed E-state index contributed by atoms with van der Waals surface area (Å²) >= 11 is 0. The number of carbonyl (C=O) groups excluding carboxylic acids is 1. The maximum absolute atomic E-state index is 10.7. The molecule has 0 aliphatic rings. The van der Waals surface area contributed by atoms with Gasteiger partial charge in [-0.3, -0.25) is 0 Å². The van der Waals surface area contributed by atoms with Crippen molar-refractivity contribution in [3.8, 4) is 0 Å². The molecule has 0 spiro atoms. The fourth-order valence-electron chi connectivity index (χ4n) is 0.312. The molecule has 4 heteroatoms. The first kappa shape index (κ1) is 9.68. The number of rotatable bonds is 3. The molecule has 0 bridgehead atoms. The smallest absolute Gasteiger partial charge is 0.344 e.